The Morgan fingerprint density at radius 1 is 1.30 bits per heavy atom. The fourth-order valence-corrected chi connectivity index (χ4v) is 1.73. The van der Waals surface area contributed by atoms with Crippen molar-refractivity contribution in [3.05, 3.63) is 59.4 Å². The Labute approximate surface area is 117 Å². The number of hydrogen-bond acceptors (Lipinski definition) is 4. The Morgan fingerprint density at radius 2 is 2.00 bits per heavy atom. The molecular weight excluding hydrogens is 252 g/mol. The maximum atomic E-state index is 12.0. The summed E-state index contributed by atoms with van der Waals surface area (Å²) in [6.45, 7) is 1.88. The van der Waals surface area contributed by atoms with Crippen LogP contribution in [-0.4, -0.2) is 10.9 Å². The van der Waals surface area contributed by atoms with Crippen molar-refractivity contribution in [2.45, 2.75) is 13.0 Å². The summed E-state index contributed by atoms with van der Waals surface area (Å²) in [7, 11) is 0. The van der Waals surface area contributed by atoms with Crippen LogP contribution in [0.25, 0.3) is 0 Å². The lowest BCUT2D eigenvalue weighted by Gasteiger charge is -2.14. The summed E-state index contributed by atoms with van der Waals surface area (Å²) < 4.78 is 0. The van der Waals surface area contributed by atoms with E-state index in [1.165, 1.54) is 12.3 Å². The molecule has 1 aromatic heterocycles. The molecule has 1 unspecified atom stereocenters. The second-order valence-corrected chi connectivity index (χ2v) is 4.41. The predicted octanol–water partition coefficient (Wildman–Crippen LogP) is 2.03. The maximum Gasteiger partial charge on any atom is 0.270 e. The van der Waals surface area contributed by atoms with Crippen LogP contribution in [0.5, 0.6) is 0 Å². The first kappa shape index (κ1) is 13.6. The molecule has 0 saturated carbocycles. The summed E-state index contributed by atoms with van der Waals surface area (Å²) in [6, 6.07) is 12.2. The van der Waals surface area contributed by atoms with Gasteiger partial charge < -0.3 is 11.1 Å². The van der Waals surface area contributed by atoms with E-state index in [2.05, 4.69) is 10.3 Å². The van der Waals surface area contributed by atoms with E-state index in [1.807, 2.05) is 25.1 Å². The summed E-state index contributed by atoms with van der Waals surface area (Å²) in [5, 5.41) is 11.5. The molecule has 1 atom stereocenters. The van der Waals surface area contributed by atoms with Gasteiger partial charge in [-0.1, -0.05) is 12.1 Å². The van der Waals surface area contributed by atoms with Crippen LogP contribution in [0.1, 0.15) is 34.6 Å². The van der Waals surface area contributed by atoms with Crippen molar-refractivity contribution < 1.29 is 4.79 Å². The zero-order chi connectivity index (χ0) is 14.5. The Balaban J connectivity index is 2.06. The van der Waals surface area contributed by atoms with E-state index in [1.54, 1.807) is 18.2 Å². The lowest BCUT2D eigenvalue weighted by atomic mass is 10.1. The molecule has 0 aliphatic heterocycles. The van der Waals surface area contributed by atoms with Crippen LogP contribution in [0.15, 0.2) is 42.6 Å². The van der Waals surface area contributed by atoms with Crippen molar-refractivity contribution in [2.75, 3.05) is 5.73 Å². The Morgan fingerprint density at radius 3 is 2.55 bits per heavy atom. The molecular formula is C15H14N4O. The molecule has 1 heterocycles. The van der Waals surface area contributed by atoms with Gasteiger partial charge in [0.15, 0.2) is 0 Å². The third-order valence-corrected chi connectivity index (χ3v) is 2.91. The Hall–Kier alpha value is -2.87. The highest BCUT2D eigenvalue weighted by Gasteiger charge is 2.12. The summed E-state index contributed by atoms with van der Waals surface area (Å²) in [4.78, 5) is 16.0. The molecule has 0 fully saturated rings. The fourth-order valence-electron chi connectivity index (χ4n) is 1.73. The van der Waals surface area contributed by atoms with E-state index in [4.69, 9.17) is 11.0 Å². The average Bonchev–Trinajstić information content (AvgIpc) is 2.48. The SMILES string of the molecule is CC(NC(=O)c1ccc(C#N)cn1)c1ccc(N)cc1. The molecule has 0 saturated heterocycles. The number of hydrogen-bond donors (Lipinski definition) is 2. The summed E-state index contributed by atoms with van der Waals surface area (Å²) in [5.74, 6) is -0.279. The van der Waals surface area contributed by atoms with Crippen molar-refractivity contribution >= 4 is 11.6 Å². The maximum absolute atomic E-state index is 12.0. The Kier molecular flexibility index (Phi) is 3.96. The van der Waals surface area contributed by atoms with Crippen LogP contribution >= 0.6 is 0 Å². The molecule has 0 aliphatic carbocycles. The van der Waals surface area contributed by atoms with Crippen molar-refractivity contribution in [3.8, 4) is 6.07 Å². The number of nitrogens with zero attached hydrogens (tertiary/aromatic N) is 2. The second-order valence-electron chi connectivity index (χ2n) is 4.41. The van der Waals surface area contributed by atoms with Crippen molar-refractivity contribution in [3.63, 3.8) is 0 Å². The molecule has 1 aromatic carbocycles. The van der Waals surface area contributed by atoms with Gasteiger partial charge in [-0.2, -0.15) is 5.26 Å². The molecule has 5 heteroatoms. The topological polar surface area (TPSA) is 91.8 Å². The average molecular weight is 266 g/mol. The highest BCUT2D eigenvalue weighted by Crippen LogP contribution is 2.14. The molecule has 0 bridgehead atoms. The number of aromatic nitrogens is 1. The van der Waals surface area contributed by atoms with Gasteiger partial charge in [0.25, 0.3) is 5.91 Å². The number of nitrogen functional groups attached to an aromatic ring is 1. The first-order valence-corrected chi connectivity index (χ1v) is 6.12. The summed E-state index contributed by atoms with van der Waals surface area (Å²) in [5.41, 5.74) is 7.97. The van der Waals surface area contributed by atoms with Gasteiger partial charge in [0.1, 0.15) is 11.8 Å². The second kappa shape index (κ2) is 5.85. The predicted molar refractivity (Wildman–Crippen MR) is 75.7 cm³/mol. The van der Waals surface area contributed by atoms with E-state index in [0.717, 1.165) is 5.56 Å². The zero-order valence-corrected chi connectivity index (χ0v) is 11.0. The third kappa shape index (κ3) is 3.12. The molecule has 100 valence electrons. The van der Waals surface area contributed by atoms with E-state index in [0.29, 0.717) is 11.3 Å². The normalized spacial score (nSPS) is 11.4. The first-order valence-electron chi connectivity index (χ1n) is 6.12. The number of pyridine rings is 1. The third-order valence-electron chi connectivity index (χ3n) is 2.91. The van der Waals surface area contributed by atoms with Crippen molar-refractivity contribution in [1.29, 1.82) is 5.26 Å². The van der Waals surface area contributed by atoms with Crippen LogP contribution in [0.3, 0.4) is 0 Å². The monoisotopic (exact) mass is 266 g/mol. The fraction of sp³-hybridized carbons (Fsp3) is 0.133. The van der Waals surface area contributed by atoms with Crippen molar-refractivity contribution in [1.82, 2.24) is 10.3 Å². The number of carbonyl (C=O) groups excluding carboxylic acids is 1. The molecule has 5 nitrogen and oxygen atoms in total. The number of carbonyl (C=O) groups is 1. The number of benzene rings is 1. The van der Waals surface area contributed by atoms with Gasteiger partial charge in [0.05, 0.1) is 11.6 Å². The Bertz CT molecular complexity index is 641. The minimum absolute atomic E-state index is 0.152. The van der Waals surface area contributed by atoms with E-state index >= 15 is 0 Å². The van der Waals surface area contributed by atoms with Crippen LogP contribution in [0, 0.1) is 11.3 Å². The summed E-state index contributed by atoms with van der Waals surface area (Å²) in [6.07, 6.45) is 1.38. The van der Waals surface area contributed by atoms with Crippen LogP contribution in [0.4, 0.5) is 5.69 Å². The molecule has 2 rings (SSSR count). The molecule has 2 aromatic rings. The van der Waals surface area contributed by atoms with Gasteiger partial charge in [0.2, 0.25) is 0 Å². The minimum atomic E-state index is -0.279. The number of anilines is 1. The van der Waals surface area contributed by atoms with Crippen LogP contribution in [-0.2, 0) is 0 Å². The molecule has 1 amide bonds. The molecule has 0 radical (unpaired) electrons. The number of amides is 1. The number of rotatable bonds is 3. The molecule has 20 heavy (non-hydrogen) atoms. The quantitative estimate of drug-likeness (QED) is 0.831. The summed E-state index contributed by atoms with van der Waals surface area (Å²) >= 11 is 0. The van der Waals surface area contributed by atoms with Gasteiger partial charge >= 0.3 is 0 Å². The molecule has 3 N–H and O–H groups in total. The van der Waals surface area contributed by atoms with E-state index < -0.39 is 0 Å². The van der Waals surface area contributed by atoms with Crippen molar-refractivity contribution in [2.24, 2.45) is 0 Å². The van der Waals surface area contributed by atoms with Crippen LogP contribution < -0.4 is 11.1 Å². The van der Waals surface area contributed by atoms with Crippen LogP contribution in [0.2, 0.25) is 0 Å². The minimum Gasteiger partial charge on any atom is -0.399 e. The van der Waals surface area contributed by atoms with Gasteiger partial charge in [-0.3, -0.25) is 4.79 Å². The highest BCUT2D eigenvalue weighted by atomic mass is 16.1. The van der Waals surface area contributed by atoms with E-state index in [9.17, 15) is 4.79 Å². The number of nitrogens with one attached hydrogen (secondary N) is 1. The zero-order valence-electron chi connectivity index (χ0n) is 11.0. The van der Waals surface area contributed by atoms with Gasteiger partial charge in [-0.25, -0.2) is 4.98 Å². The molecule has 0 aliphatic rings. The lowest BCUT2D eigenvalue weighted by molar-refractivity contribution is 0.0935. The highest BCUT2D eigenvalue weighted by molar-refractivity contribution is 5.92. The standard InChI is InChI=1S/C15H14N4O/c1-10(12-3-5-13(17)6-4-12)19-15(20)14-7-2-11(8-16)9-18-14/h2-7,9-10H,17H2,1H3,(H,19,20). The number of nitrogens with two attached hydrogens (primary N) is 1. The van der Waals surface area contributed by atoms with Gasteiger partial charge in [-0.15, -0.1) is 0 Å². The largest absolute Gasteiger partial charge is 0.399 e. The molecule has 0 spiro atoms. The first-order chi connectivity index (χ1) is 9.60. The number of nitriles is 1. The van der Waals surface area contributed by atoms with Gasteiger partial charge in [0, 0.05) is 11.9 Å². The van der Waals surface area contributed by atoms with Gasteiger partial charge in [-0.05, 0) is 36.8 Å². The smallest absolute Gasteiger partial charge is 0.270 e. The van der Waals surface area contributed by atoms with E-state index in [-0.39, 0.29) is 17.6 Å². The lowest BCUT2D eigenvalue weighted by Crippen LogP contribution is -2.27.